The molecule has 0 N–H and O–H groups in total. The van der Waals surface area contributed by atoms with Gasteiger partial charge in [-0.05, 0) is 31.2 Å². The summed E-state index contributed by atoms with van der Waals surface area (Å²) in [4.78, 5) is 14.5. The molecule has 1 atom stereocenters. The average Bonchev–Trinajstić information content (AvgIpc) is 2.68. The van der Waals surface area contributed by atoms with Gasteiger partial charge in [0.05, 0.1) is 24.9 Å². The van der Waals surface area contributed by atoms with Crippen LogP contribution < -0.4 is 0 Å². The predicted octanol–water partition coefficient (Wildman–Crippen LogP) is 2.82. The number of amides is 1. The molecular weight excluding hydrogens is 330 g/mol. The average molecular weight is 361 g/mol. The van der Waals surface area contributed by atoms with Crippen molar-refractivity contribution < 1.29 is 19.0 Å². The number of hydrogen-bond donors (Lipinski definition) is 0. The Labute approximate surface area is 156 Å². The molecule has 2 heterocycles. The van der Waals surface area contributed by atoms with Gasteiger partial charge in [0.15, 0.2) is 0 Å². The second kappa shape index (κ2) is 9.49. The van der Waals surface area contributed by atoms with E-state index in [1.807, 2.05) is 23.1 Å². The lowest BCUT2D eigenvalue weighted by Crippen LogP contribution is -2.52. The van der Waals surface area contributed by atoms with Gasteiger partial charge < -0.3 is 19.1 Å². The molecule has 2 aliphatic heterocycles. The van der Waals surface area contributed by atoms with Gasteiger partial charge >= 0.3 is 0 Å². The van der Waals surface area contributed by atoms with Crippen LogP contribution in [0, 0.1) is 0 Å². The predicted molar refractivity (Wildman–Crippen MR) is 100 cm³/mol. The first-order valence-electron chi connectivity index (χ1n) is 9.77. The van der Waals surface area contributed by atoms with E-state index >= 15 is 0 Å². The van der Waals surface area contributed by atoms with Crippen molar-refractivity contribution in [3.05, 3.63) is 35.9 Å². The maximum Gasteiger partial charge on any atom is 0.222 e. The fourth-order valence-electron chi connectivity index (χ4n) is 3.99. The minimum atomic E-state index is -0.105. The lowest BCUT2D eigenvalue weighted by atomic mass is 9.83. The number of carbonyl (C=O) groups excluding carboxylic acids is 1. The summed E-state index contributed by atoms with van der Waals surface area (Å²) >= 11 is 0. The first-order valence-corrected chi connectivity index (χ1v) is 9.77. The van der Waals surface area contributed by atoms with Crippen LogP contribution in [-0.2, 0) is 25.4 Å². The van der Waals surface area contributed by atoms with Crippen molar-refractivity contribution in [2.75, 3.05) is 40.0 Å². The summed E-state index contributed by atoms with van der Waals surface area (Å²) in [5.41, 5.74) is 1.12. The molecule has 3 rings (SSSR count). The summed E-state index contributed by atoms with van der Waals surface area (Å²) in [5, 5.41) is 0. The molecule has 0 aliphatic carbocycles. The van der Waals surface area contributed by atoms with E-state index in [4.69, 9.17) is 14.2 Å². The molecule has 0 saturated carbocycles. The molecule has 2 fully saturated rings. The van der Waals surface area contributed by atoms with E-state index in [0.717, 1.165) is 51.8 Å². The standard InChI is InChI=1S/C21H31NO4/c1-24-15-16-25-19-9-14-26-21(17-19)10-12-22(13-11-21)20(23)8-7-18-5-3-2-4-6-18/h2-6,19H,7-17H2,1H3. The van der Waals surface area contributed by atoms with Crippen LogP contribution in [0.1, 0.15) is 37.7 Å². The molecule has 1 amide bonds. The Morgan fingerprint density at radius 1 is 1.23 bits per heavy atom. The summed E-state index contributed by atoms with van der Waals surface area (Å²) in [6.45, 7) is 3.60. The lowest BCUT2D eigenvalue weighted by Gasteiger charge is -2.46. The van der Waals surface area contributed by atoms with Crippen molar-refractivity contribution in [1.29, 1.82) is 0 Å². The molecule has 5 nitrogen and oxygen atoms in total. The summed E-state index contributed by atoms with van der Waals surface area (Å²) in [7, 11) is 1.69. The fraction of sp³-hybridized carbons (Fsp3) is 0.667. The van der Waals surface area contributed by atoms with Crippen molar-refractivity contribution >= 4 is 5.91 Å². The Kier molecular flexibility index (Phi) is 7.06. The normalized spacial score (nSPS) is 22.5. The van der Waals surface area contributed by atoms with Crippen LogP contribution in [0.4, 0.5) is 0 Å². The summed E-state index contributed by atoms with van der Waals surface area (Å²) in [6.07, 6.45) is 5.35. The van der Waals surface area contributed by atoms with Gasteiger partial charge in [0.25, 0.3) is 0 Å². The Morgan fingerprint density at radius 3 is 2.73 bits per heavy atom. The van der Waals surface area contributed by atoms with Gasteiger partial charge in [0, 0.05) is 39.6 Å². The van der Waals surface area contributed by atoms with E-state index in [-0.39, 0.29) is 17.6 Å². The van der Waals surface area contributed by atoms with Crippen LogP contribution in [0.2, 0.25) is 0 Å². The summed E-state index contributed by atoms with van der Waals surface area (Å²) < 4.78 is 17.1. The SMILES string of the molecule is COCCOC1CCOC2(CCN(C(=O)CCc3ccccc3)CC2)C1. The molecule has 1 unspecified atom stereocenters. The molecule has 2 saturated heterocycles. The van der Waals surface area contributed by atoms with Crippen molar-refractivity contribution in [3.63, 3.8) is 0 Å². The zero-order valence-electron chi connectivity index (χ0n) is 15.8. The van der Waals surface area contributed by atoms with Gasteiger partial charge in [-0.3, -0.25) is 4.79 Å². The van der Waals surface area contributed by atoms with Crippen molar-refractivity contribution in [2.45, 2.75) is 50.2 Å². The number of hydrogen-bond acceptors (Lipinski definition) is 4. The fourth-order valence-corrected chi connectivity index (χ4v) is 3.99. The zero-order valence-corrected chi connectivity index (χ0v) is 15.8. The van der Waals surface area contributed by atoms with Crippen molar-refractivity contribution in [3.8, 4) is 0 Å². The number of rotatable bonds is 7. The third-order valence-electron chi connectivity index (χ3n) is 5.59. The highest BCUT2D eigenvalue weighted by Gasteiger charge is 2.41. The highest BCUT2D eigenvalue weighted by molar-refractivity contribution is 5.76. The largest absolute Gasteiger partial charge is 0.382 e. The number of benzene rings is 1. The van der Waals surface area contributed by atoms with Crippen LogP contribution in [0.3, 0.4) is 0 Å². The van der Waals surface area contributed by atoms with E-state index in [9.17, 15) is 4.79 Å². The molecule has 144 valence electrons. The smallest absolute Gasteiger partial charge is 0.222 e. The molecule has 1 spiro atoms. The topological polar surface area (TPSA) is 48.0 Å². The first kappa shape index (κ1) is 19.3. The molecule has 1 aromatic carbocycles. The zero-order chi connectivity index (χ0) is 18.2. The number of aryl methyl sites for hydroxylation is 1. The monoisotopic (exact) mass is 361 g/mol. The van der Waals surface area contributed by atoms with Gasteiger partial charge in [-0.25, -0.2) is 0 Å². The lowest BCUT2D eigenvalue weighted by molar-refractivity contribution is -0.162. The molecule has 1 aromatic rings. The number of likely N-dealkylation sites (tertiary alicyclic amines) is 1. The molecule has 0 aromatic heterocycles. The van der Waals surface area contributed by atoms with E-state index in [1.165, 1.54) is 5.56 Å². The van der Waals surface area contributed by atoms with Gasteiger partial charge in [0.1, 0.15) is 0 Å². The van der Waals surface area contributed by atoms with Crippen molar-refractivity contribution in [2.24, 2.45) is 0 Å². The van der Waals surface area contributed by atoms with Gasteiger partial charge in [-0.15, -0.1) is 0 Å². The second-order valence-electron chi connectivity index (χ2n) is 7.38. The number of ether oxygens (including phenoxy) is 3. The van der Waals surface area contributed by atoms with Gasteiger partial charge in [-0.2, -0.15) is 0 Å². The molecule has 0 bridgehead atoms. The van der Waals surface area contributed by atoms with E-state index in [2.05, 4.69) is 12.1 Å². The van der Waals surface area contributed by atoms with Crippen LogP contribution >= 0.6 is 0 Å². The number of nitrogens with zero attached hydrogens (tertiary/aromatic N) is 1. The molecule has 0 radical (unpaired) electrons. The summed E-state index contributed by atoms with van der Waals surface area (Å²) in [6, 6.07) is 10.2. The van der Waals surface area contributed by atoms with E-state index in [0.29, 0.717) is 19.6 Å². The van der Waals surface area contributed by atoms with E-state index < -0.39 is 0 Å². The molecule has 26 heavy (non-hydrogen) atoms. The highest BCUT2D eigenvalue weighted by atomic mass is 16.5. The first-order chi connectivity index (χ1) is 12.7. The van der Waals surface area contributed by atoms with Gasteiger partial charge in [0.2, 0.25) is 5.91 Å². The molecular formula is C21H31NO4. The Balaban J connectivity index is 1.43. The number of methoxy groups -OCH3 is 1. The molecule has 5 heteroatoms. The van der Waals surface area contributed by atoms with Crippen molar-refractivity contribution in [1.82, 2.24) is 4.90 Å². The second-order valence-corrected chi connectivity index (χ2v) is 7.38. The maximum atomic E-state index is 12.5. The van der Waals surface area contributed by atoms with Gasteiger partial charge in [-0.1, -0.05) is 30.3 Å². The maximum absolute atomic E-state index is 12.5. The van der Waals surface area contributed by atoms with Crippen LogP contribution in [0.5, 0.6) is 0 Å². The van der Waals surface area contributed by atoms with Crippen LogP contribution in [0.15, 0.2) is 30.3 Å². The number of carbonyl (C=O) groups is 1. The van der Waals surface area contributed by atoms with Crippen LogP contribution in [-0.4, -0.2) is 62.5 Å². The highest BCUT2D eigenvalue weighted by Crippen LogP contribution is 2.36. The minimum absolute atomic E-state index is 0.105. The number of piperidine rings is 1. The quantitative estimate of drug-likeness (QED) is 0.701. The molecule has 2 aliphatic rings. The Hall–Kier alpha value is -1.43. The minimum Gasteiger partial charge on any atom is -0.382 e. The Morgan fingerprint density at radius 2 is 2.00 bits per heavy atom. The Bertz CT molecular complexity index is 554. The van der Waals surface area contributed by atoms with Crippen LogP contribution in [0.25, 0.3) is 0 Å². The third kappa shape index (κ3) is 5.29. The summed E-state index contributed by atoms with van der Waals surface area (Å²) in [5.74, 6) is 0.257. The third-order valence-corrected chi connectivity index (χ3v) is 5.59. The van der Waals surface area contributed by atoms with E-state index in [1.54, 1.807) is 7.11 Å².